The van der Waals surface area contributed by atoms with Gasteiger partial charge in [-0.25, -0.2) is 0 Å². The van der Waals surface area contributed by atoms with Crippen molar-refractivity contribution in [2.75, 3.05) is 17.2 Å². The number of ether oxygens (including phenoxy) is 1. The minimum absolute atomic E-state index is 0.150. The number of anilines is 2. The van der Waals surface area contributed by atoms with Crippen molar-refractivity contribution in [2.24, 2.45) is 0 Å². The molecule has 0 unspecified atom stereocenters. The molecule has 0 atom stereocenters. The van der Waals surface area contributed by atoms with E-state index in [9.17, 15) is 9.59 Å². The zero-order valence-electron chi connectivity index (χ0n) is 19.6. The molecule has 0 aliphatic carbocycles. The maximum atomic E-state index is 12.6. The molecule has 2 amide bonds. The number of hydrogen-bond donors (Lipinski definition) is 3. The van der Waals surface area contributed by atoms with Gasteiger partial charge >= 0.3 is 0 Å². The van der Waals surface area contributed by atoms with Gasteiger partial charge in [-0.3, -0.25) is 14.9 Å². The molecule has 7 nitrogen and oxygen atoms in total. The molecular formula is C27H25N3O4S. The highest BCUT2D eigenvalue weighted by molar-refractivity contribution is 7.80. The standard InChI is InChI=1S/C27H25N3O4S/c1-16-8-10-21(13-17(16)2)33-15-25(31)30-27(35)28-20-9-11-22(18(3)12-20)29-26(32)24-14-19-6-4-5-7-23(19)34-24/h4-14H,15H2,1-3H3,(H,29,32)(H2,28,30,31,35). The third-order valence-corrected chi connectivity index (χ3v) is 5.69. The maximum Gasteiger partial charge on any atom is 0.291 e. The fraction of sp³-hybridized carbons (Fsp3) is 0.148. The summed E-state index contributed by atoms with van der Waals surface area (Å²) in [6, 6.07) is 20.1. The van der Waals surface area contributed by atoms with Crippen molar-refractivity contribution in [2.45, 2.75) is 20.8 Å². The van der Waals surface area contributed by atoms with Crippen molar-refractivity contribution in [1.29, 1.82) is 0 Å². The van der Waals surface area contributed by atoms with E-state index < -0.39 is 0 Å². The topological polar surface area (TPSA) is 92.6 Å². The van der Waals surface area contributed by atoms with Crippen LogP contribution in [0.5, 0.6) is 5.75 Å². The molecule has 3 aromatic carbocycles. The van der Waals surface area contributed by atoms with E-state index in [0.29, 0.717) is 22.7 Å². The Morgan fingerprint density at radius 3 is 2.43 bits per heavy atom. The summed E-state index contributed by atoms with van der Waals surface area (Å²) in [5.74, 6) is 0.154. The van der Waals surface area contributed by atoms with Crippen molar-refractivity contribution in [3.8, 4) is 5.75 Å². The van der Waals surface area contributed by atoms with Crippen LogP contribution in [0.25, 0.3) is 11.0 Å². The van der Waals surface area contributed by atoms with Crippen LogP contribution in [0.15, 0.2) is 71.1 Å². The van der Waals surface area contributed by atoms with Gasteiger partial charge in [-0.1, -0.05) is 24.3 Å². The van der Waals surface area contributed by atoms with Crippen LogP contribution in [-0.2, 0) is 4.79 Å². The van der Waals surface area contributed by atoms with Crippen LogP contribution in [0.4, 0.5) is 11.4 Å². The van der Waals surface area contributed by atoms with Gasteiger partial charge < -0.3 is 19.8 Å². The molecule has 1 aromatic heterocycles. The highest BCUT2D eigenvalue weighted by atomic mass is 32.1. The second-order valence-electron chi connectivity index (χ2n) is 8.17. The number of hydrogen-bond acceptors (Lipinski definition) is 5. The lowest BCUT2D eigenvalue weighted by molar-refractivity contribution is -0.121. The normalized spacial score (nSPS) is 10.6. The number of carbonyl (C=O) groups excluding carboxylic acids is 2. The number of rotatable bonds is 6. The molecule has 4 rings (SSSR count). The third-order valence-electron chi connectivity index (χ3n) is 5.48. The van der Waals surface area contributed by atoms with Gasteiger partial charge in [0.1, 0.15) is 11.3 Å². The Labute approximate surface area is 208 Å². The molecule has 0 aliphatic rings. The zero-order chi connectivity index (χ0) is 24.9. The smallest absolute Gasteiger partial charge is 0.291 e. The lowest BCUT2D eigenvalue weighted by atomic mass is 10.1. The third kappa shape index (κ3) is 6.04. The molecular weight excluding hydrogens is 462 g/mol. The van der Waals surface area contributed by atoms with E-state index in [1.165, 1.54) is 0 Å². The van der Waals surface area contributed by atoms with Crippen LogP contribution in [0.1, 0.15) is 27.2 Å². The van der Waals surface area contributed by atoms with Crippen molar-refractivity contribution in [3.63, 3.8) is 0 Å². The van der Waals surface area contributed by atoms with Crippen LogP contribution in [0.3, 0.4) is 0 Å². The summed E-state index contributed by atoms with van der Waals surface area (Å²) >= 11 is 5.24. The lowest BCUT2D eigenvalue weighted by Crippen LogP contribution is -2.37. The average molecular weight is 488 g/mol. The number of para-hydroxylation sites is 1. The molecule has 1 heterocycles. The molecule has 8 heteroatoms. The molecule has 178 valence electrons. The van der Waals surface area contributed by atoms with Crippen LogP contribution >= 0.6 is 12.2 Å². The van der Waals surface area contributed by atoms with E-state index >= 15 is 0 Å². The Morgan fingerprint density at radius 2 is 1.69 bits per heavy atom. The Bertz CT molecular complexity index is 1390. The fourth-order valence-corrected chi connectivity index (χ4v) is 3.67. The van der Waals surface area contributed by atoms with Crippen LogP contribution < -0.4 is 20.7 Å². The summed E-state index contributed by atoms with van der Waals surface area (Å²) in [6.07, 6.45) is 0. The molecule has 0 bridgehead atoms. The first-order chi connectivity index (χ1) is 16.8. The summed E-state index contributed by atoms with van der Waals surface area (Å²) in [4.78, 5) is 24.8. The van der Waals surface area contributed by atoms with Crippen molar-refractivity contribution in [1.82, 2.24) is 5.32 Å². The number of benzene rings is 3. The number of amides is 2. The largest absolute Gasteiger partial charge is 0.484 e. The first-order valence-electron chi connectivity index (χ1n) is 11.0. The number of aryl methyl sites for hydroxylation is 3. The number of furan rings is 1. The van der Waals surface area contributed by atoms with Crippen molar-refractivity contribution in [3.05, 3.63) is 89.2 Å². The van der Waals surface area contributed by atoms with Gasteiger partial charge in [-0.2, -0.15) is 0 Å². The predicted octanol–water partition coefficient (Wildman–Crippen LogP) is 5.50. The average Bonchev–Trinajstić information content (AvgIpc) is 3.26. The zero-order valence-corrected chi connectivity index (χ0v) is 20.4. The molecule has 0 saturated carbocycles. The first-order valence-corrected chi connectivity index (χ1v) is 11.4. The van der Waals surface area contributed by atoms with Gasteiger partial charge in [-0.15, -0.1) is 0 Å². The van der Waals surface area contributed by atoms with Gasteiger partial charge in [0.2, 0.25) is 0 Å². The minimum atomic E-state index is -0.368. The molecule has 0 fully saturated rings. The molecule has 0 spiro atoms. The number of carbonyl (C=O) groups is 2. The van der Waals surface area contributed by atoms with E-state index in [0.717, 1.165) is 22.1 Å². The highest BCUT2D eigenvalue weighted by Gasteiger charge is 2.14. The second-order valence-corrected chi connectivity index (χ2v) is 8.58. The molecule has 35 heavy (non-hydrogen) atoms. The Morgan fingerprint density at radius 1 is 0.886 bits per heavy atom. The highest BCUT2D eigenvalue weighted by Crippen LogP contribution is 2.23. The number of fused-ring (bicyclic) bond motifs is 1. The number of thiocarbonyl (C=S) groups is 1. The fourth-order valence-electron chi connectivity index (χ4n) is 3.44. The lowest BCUT2D eigenvalue weighted by Gasteiger charge is -2.13. The Kier molecular flexibility index (Phi) is 7.12. The van der Waals surface area contributed by atoms with E-state index in [1.807, 2.05) is 69.3 Å². The predicted molar refractivity (Wildman–Crippen MR) is 141 cm³/mol. The van der Waals surface area contributed by atoms with Crippen molar-refractivity contribution >= 4 is 51.5 Å². The van der Waals surface area contributed by atoms with Gasteiger partial charge in [0.25, 0.3) is 11.8 Å². The number of nitrogens with one attached hydrogen (secondary N) is 3. The minimum Gasteiger partial charge on any atom is -0.484 e. The summed E-state index contributed by atoms with van der Waals surface area (Å²) in [7, 11) is 0. The summed E-state index contributed by atoms with van der Waals surface area (Å²) in [5.41, 5.74) is 5.02. The Hall–Kier alpha value is -4.17. The van der Waals surface area contributed by atoms with Crippen LogP contribution in [0.2, 0.25) is 0 Å². The summed E-state index contributed by atoms with van der Waals surface area (Å²) in [6.45, 7) is 5.70. The molecule has 3 N–H and O–H groups in total. The summed E-state index contributed by atoms with van der Waals surface area (Å²) < 4.78 is 11.2. The maximum absolute atomic E-state index is 12.6. The van der Waals surface area contributed by atoms with Crippen LogP contribution in [-0.4, -0.2) is 23.5 Å². The van der Waals surface area contributed by atoms with Gasteiger partial charge in [0.05, 0.1) is 0 Å². The first kappa shape index (κ1) is 24.0. The molecule has 0 saturated heterocycles. The SMILES string of the molecule is Cc1ccc(OCC(=O)NC(=S)Nc2ccc(NC(=O)c3cc4ccccc4o3)c(C)c2)cc1C. The Balaban J connectivity index is 1.30. The van der Waals surface area contributed by atoms with Gasteiger partial charge in [0, 0.05) is 16.8 Å². The van der Waals surface area contributed by atoms with E-state index in [-0.39, 0.29) is 29.3 Å². The molecule has 4 aromatic rings. The monoisotopic (exact) mass is 487 g/mol. The quantitative estimate of drug-likeness (QED) is 0.311. The summed E-state index contributed by atoms with van der Waals surface area (Å²) in [5, 5.41) is 9.45. The van der Waals surface area contributed by atoms with E-state index in [4.69, 9.17) is 21.4 Å². The van der Waals surface area contributed by atoms with Crippen LogP contribution in [0, 0.1) is 20.8 Å². The van der Waals surface area contributed by atoms with E-state index in [1.54, 1.807) is 18.2 Å². The molecule has 0 aliphatic heterocycles. The van der Waals surface area contributed by atoms with Gasteiger partial charge in [0.15, 0.2) is 17.5 Å². The molecule has 0 radical (unpaired) electrons. The van der Waals surface area contributed by atoms with Gasteiger partial charge in [-0.05, 0) is 92.1 Å². The second kappa shape index (κ2) is 10.4. The van der Waals surface area contributed by atoms with E-state index in [2.05, 4.69) is 16.0 Å². The van der Waals surface area contributed by atoms with Crippen molar-refractivity contribution < 1.29 is 18.7 Å².